The molecule has 0 atom stereocenters. The molecule has 4 rings (SSSR count). The smallest absolute Gasteiger partial charge is 0.212 e. The van der Waals surface area contributed by atoms with E-state index in [1.54, 1.807) is 0 Å². The molecule has 1 aromatic heterocycles. The largest absolute Gasteiger partial charge is 0.354 e. The molecular formula is C18H16ClN5. The minimum Gasteiger partial charge on any atom is -0.354 e. The highest BCUT2D eigenvalue weighted by atomic mass is 35.5. The Morgan fingerprint density at radius 3 is 2.75 bits per heavy atom. The van der Waals surface area contributed by atoms with Crippen molar-refractivity contribution in [2.24, 2.45) is 10.1 Å². The summed E-state index contributed by atoms with van der Waals surface area (Å²) in [5.74, 6) is 0.708. The molecule has 0 bridgehead atoms. The summed E-state index contributed by atoms with van der Waals surface area (Å²) in [6.07, 6.45) is 1.82. The van der Waals surface area contributed by atoms with E-state index in [-0.39, 0.29) is 0 Å². The van der Waals surface area contributed by atoms with E-state index in [4.69, 9.17) is 11.6 Å². The average Bonchev–Trinajstić information content (AvgIpc) is 3.24. The van der Waals surface area contributed by atoms with Gasteiger partial charge in [-0.3, -0.25) is 0 Å². The number of nitrogens with zero attached hydrogens (tertiary/aromatic N) is 2. The molecule has 3 N–H and O–H groups in total. The molecule has 6 heteroatoms. The first-order valence-corrected chi connectivity index (χ1v) is 8.13. The molecule has 0 saturated heterocycles. The van der Waals surface area contributed by atoms with Gasteiger partial charge < -0.3 is 10.3 Å². The SMILES string of the molecule is Clc1ccc(-c2[nH]c3ccccc3c2/C=N/NC2=NCCN2)cc1. The second-order valence-corrected chi connectivity index (χ2v) is 5.93. The van der Waals surface area contributed by atoms with E-state index in [2.05, 4.69) is 38.0 Å². The Balaban J connectivity index is 1.75. The zero-order chi connectivity index (χ0) is 16.4. The summed E-state index contributed by atoms with van der Waals surface area (Å²) in [7, 11) is 0. The van der Waals surface area contributed by atoms with E-state index >= 15 is 0 Å². The van der Waals surface area contributed by atoms with Crippen LogP contribution in [0.1, 0.15) is 5.56 Å². The fourth-order valence-electron chi connectivity index (χ4n) is 2.77. The Morgan fingerprint density at radius 1 is 1.12 bits per heavy atom. The normalized spacial score (nSPS) is 14.1. The first kappa shape index (κ1) is 14.8. The van der Waals surface area contributed by atoms with Crippen LogP contribution in [0.15, 0.2) is 58.6 Å². The molecule has 0 spiro atoms. The van der Waals surface area contributed by atoms with Gasteiger partial charge in [-0.2, -0.15) is 5.10 Å². The van der Waals surface area contributed by atoms with Crippen molar-refractivity contribution < 1.29 is 0 Å². The standard InChI is InChI=1S/C18H16ClN5/c19-13-7-5-12(6-8-13)17-15(11-22-24-18-20-9-10-21-18)14-3-1-2-4-16(14)23-17/h1-8,11,23H,9-10H2,(H2,20,21,24)/b22-11+. The summed E-state index contributed by atoms with van der Waals surface area (Å²) in [5.41, 5.74) is 7.12. The van der Waals surface area contributed by atoms with Crippen molar-refractivity contribution in [2.75, 3.05) is 13.1 Å². The number of benzene rings is 2. The van der Waals surface area contributed by atoms with Gasteiger partial charge in [0, 0.05) is 28.0 Å². The third-order valence-corrected chi connectivity index (χ3v) is 4.17. The van der Waals surface area contributed by atoms with Gasteiger partial charge in [0.1, 0.15) is 0 Å². The first-order chi connectivity index (χ1) is 11.8. The summed E-state index contributed by atoms with van der Waals surface area (Å²) >= 11 is 6.01. The van der Waals surface area contributed by atoms with Crippen LogP contribution in [0, 0.1) is 0 Å². The molecule has 0 amide bonds. The lowest BCUT2D eigenvalue weighted by Gasteiger charge is -2.02. The molecule has 5 nitrogen and oxygen atoms in total. The molecule has 0 fully saturated rings. The highest BCUT2D eigenvalue weighted by molar-refractivity contribution is 6.30. The van der Waals surface area contributed by atoms with Crippen molar-refractivity contribution in [3.63, 3.8) is 0 Å². The lowest BCUT2D eigenvalue weighted by atomic mass is 10.1. The first-order valence-electron chi connectivity index (χ1n) is 7.75. The van der Waals surface area contributed by atoms with Crippen molar-refractivity contribution in [1.29, 1.82) is 0 Å². The van der Waals surface area contributed by atoms with Crippen LogP contribution in [-0.4, -0.2) is 30.2 Å². The Morgan fingerprint density at radius 2 is 1.96 bits per heavy atom. The number of guanidine groups is 1. The van der Waals surface area contributed by atoms with Crippen molar-refractivity contribution >= 4 is 34.7 Å². The number of aliphatic imine (C=N–C) groups is 1. The second-order valence-electron chi connectivity index (χ2n) is 5.49. The number of aromatic nitrogens is 1. The average molecular weight is 338 g/mol. The lowest BCUT2D eigenvalue weighted by molar-refractivity contribution is 0.920. The fourth-order valence-corrected chi connectivity index (χ4v) is 2.90. The Kier molecular flexibility index (Phi) is 3.92. The molecule has 2 heterocycles. The molecule has 0 radical (unpaired) electrons. The van der Waals surface area contributed by atoms with Crippen LogP contribution in [0.2, 0.25) is 5.02 Å². The van der Waals surface area contributed by atoms with E-state index < -0.39 is 0 Å². The highest BCUT2D eigenvalue weighted by Gasteiger charge is 2.11. The molecular weight excluding hydrogens is 322 g/mol. The molecule has 120 valence electrons. The van der Waals surface area contributed by atoms with Crippen molar-refractivity contribution in [1.82, 2.24) is 15.7 Å². The maximum Gasteiger partial charge on any atom is 0.212 e. The fraction of sp³-hybridized carbons (Fsp3) is 0.111. The molecule has 1 aliphatic rings. The van der Waals surface area contributed by atoms with Crippen LogP contribution in [0.3, 0.4) is 0 Å². The van der Waals surface area contributed by atoms with Gasteiger partial charge in [0.25, 0.3) is 0 Å². The third kappa shape index (κ3) is 2.86. The summed E-state index contributed by atoms with van der Waals surface area (Å²) in [4.78, 5) is 7.74. The van der Waals surface area contributed by atoms with Crippen LogP contribution < -0.4 is 10.7 Å². The minimum absolute atomic E-state index is 0.708. The highest BCUT2D eigenvalue weighted by Crippen LogP contribution is 2.29. The number of hydrogen-bond donors (Lipinski definition) is 3. The quantitative estimate of drug-likeness (QED) is 0.507. The second kappa shape index (κ2) is 6.37. The van der Waals surface area contributed by atoms with E-state index in [1.807, 2.05) is 42.6 Å². The van der Waals surface area contributed by atoms with E-state index in [9.17, 15) is 0 Å². The van der Waals surface area contributed by atoms with Crippen LogP contribution in [-0.2, 0) is 0 Å². The van der Waals surface area contributed by atoms with Gasteiger partial charge in [0.2, 0.25) is 5.96 Å². The molecule has 3 aromatic rings. The van der Waals surface area contributed by atoms with E-state index in [1.165, 1.54) is 0 Å². The van der Waals surface area contributed by atoms with Gasteiger partial charge >= 0.3 is 0 Å². The number of para-hydroxylation sites is 1. The molecule has 1 aliphatic heterocycles. The summed E-state index contributed by atoms with van der Waals surface area (Å²) < 4.78 is 0. The van der Waals surface area contributed by atoms with E-state index in [0.29, 0.717) is 5.96 Å². The number of halogens is 1. The van der Waals surface area contributed by atoms with E-state index in [0.717, 1.165) is 45.8 Å². The topological polar surface area (TPSA) is 64.6 Å². The Labute approximate surface area is 144 Å². The molecule has 0 saturated carbocycles. The monoisotopic (exact) mass is 337 g/mol. The van der Waals surface area contributed by atoms with Crippen LogP contribution in [0.4, 0.5) is 0 Å². The van der Waals surface area contributed by atoms with Crippen LogP contribution >= 0.6 is 11.6 Å². The number of hydrogen-bond acceptors (Lipinski definition) is 4. The van der Waals surface area contributed by atoms with Crippen molar-refractivity contribution in [2.45, 2.75) is 0 Å². The summed E-state index contributed by atoms with van der Waals surface area (Å²) in [6, 6.07) is 16.0. The zero-order valence-corrected chi connectivity index (χ0v) is 13.6. The van der Waals surface area contributed by atoms with Crippen molar-refractivity contribution in [3.05, 3.63) is 59.1 Å². The Hall–Kier alpha value is -2.79. The minimum atomic E-state index is 0.708. The van der Waals surface area contributed by atoms with Gasteiger partial charge in [-0.25, -0.2) is 10.4 Å². The number of nitrogens with one attached hydrogen (secondary N) is 3. The van der Waals surface area contributed by atoms with Gasteiger partial charge in [-0.15, -0.1) is 0 Å². The van der Waals surface area contributed by atoms with Crippen LogP contribution in [0.25, 0.3) is 22.2 Å². The number of aromatic amines is 1. The molecule has 2 aromatic carbocycles. The van der Waals surface area contributed by atoms with Gasteiger partial charge in [-0.1, -0.05) is 41.9 Å². The number of rotatable bonds is 3. The zero-order valence-electron chi connectivity index (χ0n) is 12.9. The summed E-state index contributed by atoms with van der Waals surface area (Å²) in [5, 5.41) is 9.30. The predicted octanol–water partition coefficient (Wildman–Crippen LogP) is 3.37. The number of H-pyrrole nitrogens is 1. The predicted molar refractivity (Wildman–Crippen MR) is 99.8 cm³/mol. The number of hydrazone groups is 1. The maximum absolute atomic E-state index is 6.01. The molecule has 0 unspecified atom stereocenters. The van der Waals surface area contributed by atoms with Gasteiger partial charge in [-0.05, 0) is 23.8 Å². The van der Waals surface area contributed by atoms with Crippen molar-refractivity contribution in [3.8, 4) is 11.3 Å². The molecule has 0 aliphatic carbocycles. The van der Waals surface area contributed by atoms with Crippen LogP contribution in [0.5, 0.6) is 0 Å². The lowest BCUT2D eigenvalue weighted by Crippen LogP contribution is -2.30. The van der Waals surface area contributed by atoms with Gasteiger partial charge in [0.05, 0.1) is 18.5 Å². The Bertz CT molecular complexity index is 924. The summed E-state index contributed by atoms with van der Waals surface area (Å²) in [6.45, 7) is 1.63. The van der Waals surface area contributed by atoms with Gasteiger partial charge in [0.15, 0.2) is 0 Å². The molecule has 24 heavy (non-hydrogen) atoms. The number of fused-ring (bicyclic) bond motifs is 1. The maximum atomic E-state index is 6.01. The third-order valence-electron chi connectivity index (χ3n) is 3.92.